The van der Waals surface area contributed by atoms with Crippen molar-refractivity contribution >= 4 is 11.6 Å². The molecule has 0 saturated heterocycles. The summed E-state index contributed by atoms with van der Waals surface area (Å²) in [4.78, 5) is 0. The molecule has 0 radical (unpaired) electrons. The Morgan fingerprint density at radius 3 is 2.53 bits per heavy atom. The maximum atomic E-state index is 5.87. The maximum absolute atomic E-state index is 5.87. The van der Waals surface area contributed by atoms with E-state index in [9.17, 15) is 0 Å². The summed E-state index contributed by atoms with van der Waals surface area (Å²) in [5.41, 5.74) is 6.66. The van der Waals surface area contributed by atoms with E-state index in [0.717, 1.165) is 30.2 Å². The SMILES string of the molecule is CCCn1c(CN)nnc1-c1ccc(Cl)cc1. The first-order chi connectivity index (χ1) is 8.26. The van der Waals surface area contributed by atoms with Gasteiger partial charge in [0.15, 0.2) is 5.82 Å². The van der Waals surface area contributed by atoms with E-state index in [1.807, 2.05) is 24.3 Å². The number of aromatic nitrogens is 3. The number of nitrogens with two attached hydrogens (primary N) is 1. The van der Waals surface area contributed by atoms with Gasteiger partial charge in [0, 0.05) is 17.1 Å². The Morgan fingerprint density at radius 1 is 1.24 bits per heavy atom. The van der Waals surface area contributed by atoms with Gasteiger partial charge in [0.2, 0.25) is 0 Å². The van der Waals surface area contributed by atoms with Crippen molar-refractivity contribution in [2.45, 2.75) is 26.4 Å². The molecule has 0 atom stereocenters. The number of rotatable bonds is 4. The molecule has 0 aliphatic rings. The molecule has 5 heteroatoms. The van der Waals surface area contributed by atoms with E-state index in [4.69, 9.17) is 17.3 Å². The van der Waals surface area contributed by atoms with Gasteiger partial charge in [-0.05, 0) is 30.7 Å². The predicted octanol–water partition coefficient (Wildman–Crippen LogP) is 2.47. The summed E-state index contributed by atoms with van der Waals surface area (Å²) in [6.45, 7) is 3.39. The normalized spacial score (nSPS) is 10.8. The standard InChI is InChI=1S/C12H15ClN4/c1-2-7-17-11(8-14)15-16-12(17)9-3-5-10(13)6-4-9/h3-6H,2,7-8,14H2,1H3. The van der Waals surface area contributed by atoms with Gasteiger partial charge < -0.3 is 10.3 Å². The summed E-state index contributed by atoms with van der Waals surface area (Å²) in [7, 11) is 0. The van der Waals surface area contributed by atoms with Crippen LogP contribution in [0, 0.1) is 0 Å². The fraction of sp³-hybridized carbons (Fsp3) is 0.333. The van der Waals surface area contributed by atoms with Crippen LogP contribution in [0.1, 0.15) is 19.2 Å². The van der Waals surface area contributed by atoms with Gasteiger partial charge in [-0.2, -0.15) is 0 Å². The van der Waals surface area contributed by atoms with Crippen LogP contribution in [0.15, 0.2) is 24.3 Å². The summed E-state index contributed by atoms with van der Waals surface area (Å²) in [6.07, 6.45) is 1.02. The average molecular weight is 251 g/mol. The Hall–Kier alpha value is -1.39. The zero-order valence-electron chi connectivity index (χ0n) is 9.73. The highest BCUT2D eigenvalue weighted by atomic mass is 35.5. The second kappa shape index (κ2) is 5.29. The molecule has 0 aliphatic heterocycles. The lowest BCUT2D eigenvalue weighted by atomic mass is 10.2. The fourth-order valence-electron chi connectivity index (χ4n) is 1.76. The molecule has 0 amide bonds. The van der Waals surface area contributed by atoms with E-state index >= 15 is 0 Å². The van der Waals surface area contributed by atoms with Gasteiger partial charge in [-0.15, -0.1) is 10.2 Å². The average Bonchev–Trinajstić information content (AvgIpc) is 2.74. The van der Waals surface area contributed by atoms with E-state index in [1.165, 1.54) is 0 Å². The van der Waals surface area contributed by atoms with Gasteiger partial charge in [-0.3, -0.25) is 0 Å². The Kier molecular flexibility index (Phi) is 3.76. The minimum atomic E-state index is 0.403. The molecule has 2 N–H and O–H groups in total. The van der Waals surface area contributed by atoms with Crippen molar-refractivity contribution in [1.29, 1.82) is 0 Å². The lowest BCUT2D eigenvalue weighted by Crippen LogP contribution is -2.09. The van der Waals surface area contributed by atoms with Crippen molar-refractivity contribution in [3.8, 4) is 11.4 Å². The molecule has 0 saturated carbocycles. The van der Waals surface area contributed by atoms with Crippen LogP contribution in [0.5, 0.6) is 0 Å². The van der Waals surface area contributed by atoms with Crippen LogP contribution in [0.2, 0.25) is 5.02 Å². The summed E-state index contributed by atoms with van der Waals surface area (Å²) in [5.74, 6) is 1.67. The molecule has 0 bridgehead atoms. The van der Waals surface area contributed by atoms with Gasteiger partial charge in [-0.25, -0.2) is 0 Å². The van der Waals surface area contributed by atoms with Crippen molar-refractivity contribution in [3.05, 3.63) is 35.1 Å². The maximum Gasteiger partial charge on any atom is 0.163 e. The zero-order valence-corrected chi connectivity index (χ0v) is 10.5. The van der Waals surface area contributed by atoms with Crippen LogP contribution >= 0.6 is 11.6 Å². The number of halogens is 1. The fourth-order valence-corrected chi connectivity index (χ4v) is 1.88. The molecule has 1 heterocycles. The highest BCUT2D eigenvalue weighted by Crippen LogP contribution is 2.20. The molecule has 2 rings (SSSR count). The summed E-state index contributed by atoms with van der Waals surface area (Å²) < 4.78 is 2.06. The number of hydrogen-bond donors (Lipinski definition) is 1. The van der Waals surface area contributed by atoms with Crippen LogP contribution in [-0.4, -0.2) is 14.8 Å². The van der Waals surface area contributed by atoms with Crippen LogP contribution in [-0.2, 0) is 13.1 Å². The van der Waals surface area contributed by atoms with E-state index in [-0.39, 0.29) is 0 Å². The molecule has 0 fully saturated rings. The Labute approximate surface area is 105 Å². The third-order valence-electron chi connectivity index (χ3n) is 2.56. The molecule has 1 aromatic carbocycles. The van der Waals surface area contributed by atoms with Crippen LogP contribution in [0.3, 0.4) is 0 Å². The van der Waals surface area contributed by atoms with Gasteiger partial charge in [-0.1, -0.05) is 18.5 Å². The third-order valence-corrected chi connectivity index (χ3v) is 2.81. The van der Waals surface area contributed by atoms with Crippen molar-refractivity contribution in [2.24, 2.45) is 5.73 Å². The van der Waals surface area contributed by atoms with Crippen molar-refractivity contribution in [1.82, 2.24) is 14.8 Å². The summed E-state index contributed by atoms with van der Waals surface area (Å²) in [5, 5.41) is 9.02. The minimum absolute atomic E-state index is 0.403. The minimum Gasteiger partial charge on any atom is -0.324 e. The number of hydrogen-bond acceptors (Lipinski definition) is 3. The van der Waals surface area contributed by atoms with Crippen molar-refractivity contribution in [2.75, 3.05) is 0 Å². The molecule has 0 spiro atoms. The third kappa shape index (κ3) is 2.48. The van der Waals surface area contributed by atoms with E-state index in [1.54, 1.807) is 0 Å². The van der Waals surface area contributed by atoms with E-state index in [2.05, 4.69) is 21.7 Å². The molecule has 1 aromatic heterocycles. The monoisotopic (exact) mass is 250 g/mol. The number of nitrogens with zero attached hydrogens (tertiary/aromatic N) is 3. The van der Waals surface area contributed by atoms with Crippen molar-refractivity contribution in [3.63, 3.8) is 0 Å². The number of benzene rings is 1. The topological polar surface area (TPSA) is 56.7 Å². The molecule has 4 nitrogen and oxygen atoms in total. The molecule has 0 unspecified atom stereocenters. The molecular weight excluding hydrogens is 236 g/mol. The quantitative estimate of drug-likeness (QED) is 0.907. The lowest BCUT2D eigenvalue weighted by molar-refractivity contribution is 0.644. The van der Waals surface area contributed by atoms with E-state index in [0.29, 0.717) is 11.6 Å². The van der Waals surface area contributed by atoms with Gasteiger partial charge >= 0.3 is 0 Å². The van der Waals surface area contributed by atoms with Gasteiger partial charge in [0.1, 0.15) is 5.82 Å². The molecule has 0 aliphatic carbocycles. The molecule has 2 aromatic rings. The van der Waals surface area contributed by atoms with Crippen molar-refractivity contribution < 1.29 is 0 Å². The van der Waals surface area contributed by atoms with Gasteiger partial charge in [0.05, 0.1) is 6.54 Å². The smallest absolute Gasteiger partial charge is 0.163 e. The van der Waals surface area contributed by atoms with Crippen LogP contribution in [0.4, 0.5) is 0 Å². The highest BCUT2D eigenvalue weighted by molar-refractivity contribution is 6.30. The molecular formula is C12H15ClN4. The van der Waals surface area contributed by atoms with E-state index < -0.39 is 0 Å². The Bertz CT molecular complexity index is 490. The second-order valence-electron chi connectivity index (χ2n) is 3.80. The lowest BCUT2D eigenvalue weighted by Gasteiger charge is -2.07. The molecule has 17 heavy (non-hydrogen) atoms. The Balaban J connectivity index is 2.43. The largest absolute Gasteiger partial charge is 0.324 e. The Morgan fingerprint density at radius 2 is 1.94 bits per heavy atom. The summed E-state index contributed by atoms with van der Waals surface area (Å²) in [6, 6.07) is 7.59. The zero-order chi connectivity index (χ0) is 12.3. The first kappa shape index (κ1) is 12.1. The molecule has 90 valence electrons. The predicted molar refractivity (Wildman–Crippen MR) is 68.7 cm³/mol. The first-order valence-corrected chi connectivity index (χ1v) is 6.02. The highest BCUT2D eigenvalue weighted by Gasteiger charge is 2.11. The van der Waals surface area contributed by atoms with Crippen LogP contribution < -0.4 is 5.73 Å². The second-order valence-corrected chi connectivity index (χ2v) is 4.24. The first-order valence-electron chi connectivity index (χ1n) is 5.64. The van der Waals surface area contributed by atoms with Gasteiger partial charge in [0.25, 0.3) is 0 Å². The van der Waals surface area contributed by atoms with Crippen LogP contribution in [0.25, 0.3) is 11.4 Å². The summed E-state index contributed by atoms with van der Waals surface area (Å²) >= 11 is 5.87.